The van der Waals surface area contributed by atoms with Crippen molar-refractivity contribution in [2.75, 3.05) is 25.1 Å². The molecule has 23 heavy (non-hydrogen) atoms. The van der Waals surface area contributed by atoms with E-state index in [0.29, 0.717) is 24.6 Å². The van der Waals surface area contributed by atoms with Crippen molar-refractivity contribution in [2.24, 2.45) is 5.16 Å². The Morgan fingerprint density at radius 3 is 3.04 bits per heavy atom. The molecule has 0 saturated carbocycles. The van der Waals surface area contributed by atoms with Crippen LogP contribution in [0.4, 0.5) is 10.1 Å². The summed E-state index contributed by atoms with van der Waals surface area (Å²) in [7, 11) is 0. The zero-order valence-electron chi connectivity index (χ0n) is 11.9. The standard InChI is InChI=1S/C14H14ClFN4O3/c15-9-5-8(1-2-10(9)16)18-14(19-21)13-6-11(20-23-13)12-7-22-4-3-17-12/h1-2,5-6,12,17,21H,3-4,7H2,(H,18,19). The summed E-state index contributed by atoms with van der Waals surface area (Å²) in [6.45, 7) is 1.86. The summed E-state index contributed by atoms with van der Waals surface area (Å²) in [5.74, 6) is -0.275. The Labute approximate surface area is 136 Å². The maximum atomic E-state index is 13.2. The first-order valence-electron chi connectivity index (χ1n) is 6.89. The molecule has 0 bridgehead atoms. The Bertz CT molecular complexity index is 716. The molecule has 1 atom stereocenters. The first-order chi connectivity index (χ1) is 11.2. The smallest absolute Gasteiger partial charge is 0.215 e. The zero-order chi connectivity index (χ0) is 16.2. The van der Waals surface area contributed by atoms with Gasteiger partial charge in [0.25, 0.3) is 0 Å². The fraction of sp³-hybridized carbons (Fsp3) is 0.286. The molecule has 3 N–H and O–H groups in total. The molecule has 9 heteroatoms. The molecule has 1 saturated heterocycles. The van der Waals surface area contributed by atoms with Crippen LogP contribution in [-0.4, -0.2) is 36.0 Å². The summed E-state index contributed by atoms with van der Waals surface area (Å²) in [5, 5.41) is 22.3. The van der Waals surface area contributed by atoms with Gasteiger partial charge in [-0.05, 0) is 18.2 Å². The van der Waals surface area contributed by atoms with Gasteiger partial charge in [-0.3, -0.25) is 0 Å². The van der Waals surface area contributed by atoms with Crippen LogP contribution >= 0.6 is 11.6 Å². The Morgan fingerprint density at radius 1 is 1.48 bits per heavy atom. The summed E-state index contributed by atoms with van der Waals surface area (Å²) in [6, 6.07) is 5.59. The maximum absolute atomic E-state index is 13.2. The highest BCUT2D eigenvalue weighted by molar-refractivity contribution is 6.31. The van der Waals surface area contributed by atoms with Crippen LogP contribution in [0.2, 0.25) is 5.02 Å². The second-order valence-electron chi connectivity index (χ2n) is 4.90. The topological polar surface area (TPSA) is 91.9 Å². The van der Waals surface area contributed by atoms with Gasteiger partial charge in [-0.1, -0.05) is 21.9 Å². The monoisotopic (exact) mass is 340 g/mol. The summed E-state index contributed by atoms with van der Waals surface area (Å²) in [5.41, 5.74) is 1.08. The fourth-order valence-electron chi connectivity index (χ4n) is 2.17. The molecular formula is C14H14ClFN4O3. The number of hydrogen-bond acceptors (Lipinski definition) is 6. The van der Waals surface area contributed by atoms with Crippen LogP contribution in [0.3, 0.4) is 0 Å². The van der Waals surface area contributed by atoms with Crippen LogP contribution in [0.1, 0.15) is 17.5 Å². The molecule has 0 radical (unpaired) electrons. The molecule has 1 aliphatic heterocycles. The SMILES string of the molecule is ON=C(Nc1ccc(F)c(Cl)c1)c1cc(C2COCCN2)no1. The number of morpholine rings is 1. The Kier molecular flexibility index (Phi) is 4.75. The van der Waals surface area contributed by atoms with E-state index in [0.717, 1.165) is 6.54 Å². The average Bonchev–Trinajstić information content (AvgIpc) is 3.06. The van der Waals surface area contributed by atoms with Gasteiger partial charge in [0.15, 0.2) is 0 Å². The van der Waals surface area contributed by atoms with Crippen LogP contribution in [0, 0.1) is 5.82 Å². The molecule has 7 nitrogen and oxygen atoms in total. The summed E-state index contributed by atoms with van der Waals surface area (Å²) < 4.78 is 23.7. The van der Waals surface area contributed by atoms with Gasteiger partial charge in [0.1, 0.15) is 11.5 Å². The van der Waals surface area contributed by atoms with E-state index in [4.69, 9.17) is 20.9 Å². The average molecular weight is 341 g/mol. The highest BCUT2D eigenvalue weighted by Gasteiger charge is 2.21. The van der Waals surface area contributed by atoms with E-state index in [1.807, 2.05) is 0 Å². The lowest BCUT2D eigenvalue weighted by Gasteiger charge is -2.21. The number of hydrogen-bond donors (Lipinski definition) is 3. The summed E-state index contributed by atoms with van der Waals surface area (Å²) in [6.07, 6.45) is 0. The molecule has 2 heterocycles. The maximum Gasteiger partial charge on any atom is 0.215 e. The van der Waals surface area contributed by atoms with Crippen LogP contribution in [0.5, 0.6) is 0 Å². The predicted octanol–water partition coefficient (Wildman–Crippen LogP) is 2.38. The highest BCUT2D eigenvalue weighted by Crippen LogP contribution is 2.21. The van der Waals surface area contributed by atoms with Crippen molar-refractivity contribution < 1.29 is 18.9 Å². The molecule has 0 spiro atoms. The first kappa shape index (κ1) is 15.7. The molecule has 1 unspecified atom stereocenters. The van der Waals surface area contributed by atoms with Gasteiger partial charge in [0.05, 0.1) is 24.3 Å². The van der Waals surface area contributed by atoms with Crippen molar-refractivity contribution in [3.8, 4) is 0 Å². The number of nitrogens with zero attached hydrogens (tertiary/aromatic N) is 2. The first-order valence-corrected chi connectivity index (χ1v) is 7.27. The fourth-order valence-corrected chi connectivity index (χ4v) is 2.35. The van der Waals surface area contributed by atoms with Crippen LogP contribution < -0.4 is 10.6 Å². The van der Waals surface area contributed by atoms with Crippen LogP contribution in [-0.2, 0) is 4.74 Å². The van der Waals surface area contributed by atoms with Gasteiger partial charge < -0.3 is 25.1 Å². The van der Waals surface area contributed by atoms with E-state index < -0.39 is 5.82 Å². The minimum atomic E-state index is -0.537. The van der Waals surface area contributed by atoms with E-state index in [-0.39, 0.29) is 22.7 Å². The van der Waals surface area contributed by atoms with Gasteiger partial charge >= 0.3 is 0 Å². The van der Waals surface area contributed by atoms with Crippen molar-refractivity contribution in [3.63, 3.8) is 0 Å². The van der Waals surface area contributed by atoms with E-state index in [2.05, 4.69) is 20.9 Å². The van der Waals surface area contributed by atoms with E-state index in [9.17, 15) is 9.60 Å². The van der Waals surface area contributed by atoms with Crippen molar-refractivity contribution in [1.82, 2.24) is 10.5 Å². The van der Waals surface area contributed by atoms with E-state index in [1.54, 1.807) is 6.07 Å². The normalized spacial score (nSPS) is 18.9. The number of aromatic nitrogens is 1. The number of ether oxygens (including phenoxy) is 1. The Balaban J connectivity index is 1.76. The summed E-state index contributed by atoms with van der Waals surface area (Å²) >= 11 is 5.72. The van der Waals surface area contributed by atoms with Crippen LogP contribution in [0.25, 0.3) is 0 Å². The molecule has 122 valence electrons. The lowest BCUT2D eigenvalue weighted by atomic mass is 10.2. The van der Waals surface area contributed by atoms with Gasteiger partial charge in [-0.2, -0.15) is 0 Å². The number of benzene rings is 1. The predicted molar refractivity (Wildman–Crippen MR) is 81.4 cm³/mol. The molecular weight excluding hydrogens is 327 g/mol. The second kappa shape index (κ2) is 6.95. The number of oxime groups is 1. The molecule has 1 aromatic carbocycles. The minimum Gasteiger partial charge on any atom is -0.409 e. The number of rotatable bonds is 3. The Morgan fingerprint density at radius 2 is 2.35 bits per heavy atom. The zero-order valence-corrected chi connectivity index (χ0v) is 12.7. The van der Waals surface area contributed by atoms with Crippen molar-refractivity contribution in [1.29, 1.82) is 0 Å². The van der Waals surface area contributed by atoms with Crippen molar-refractivity contribution in [2.45, 2.75) is 6.04 Å². The van der Waals surface area contributed by atoms with E-state index in [1.165, 1.54) is 18.2 Å². The van der Waals surface area contributed by atoms with Crippen molar-refractivity contribution in [3.05, 3.63) is 46.6 Å². The molecule has 2 aromatic rings. The third-order valence-electron chi connectivity index (χ3n) is 3.32. The highest BCUT2D eigenvalue weighted by atomic mass is 35.5. The van der Waals surface area contributed by atoms with Gasteiger partial charge in [0, 0.05) is 18.3 Å². The van der Waals surface area contributed by atoms with Crippen LogP contribution in [0.15, 0.2) is 33.9 Å². The third-order valence-corrected chi connectivity index (χ3v) is 3.61. The molecule has 1 fully saturated rings. The second-order valence-corrected chi connectivity index (χ2v) is 5.31. The molecule has 0 amide bonds. The third kappa shape index (κ3) is 3.61. The van der Waals surface area contributed by atoms with Crippen molar-refractivity contribution >= 4 is 23.1 Å². The molecule has 1 aromatic heterocycles. The molecule has 3 rings (SSSR count). The number of nitrogens with one attached hydrogen (secondary N) is 2. The quantitative estimate of drug-likeness (QED) is 0.344. The molecule has 0 aliphatic carbocycles. The van der Waals surface area contributed by atoms with Gasteiger partial charge in [-0.25, -0.2) is 4.39 Å². The number of halogens is 2. The Hall–Kier alpha value is -2.16. The lowest BCUT2D eigenvalue weighted by Crippen LogP contribution is -2.34. The largest absolute Gasteiger partial charge is 0.409 e. The number of amidine groups is 1. The van der Waals surface area contributed by atoms with Gasteiger partial charge in [-0.15, -0.1) is 0 Å². The minimum absolute atomic E-state index is 0.0307. The molecule has 1 aliphatic rings. The van der Waals surface area contributed by atoms with E-state index >= 15 is 0 Å². The number of anilines is 1. The summed E-state index contributed by atoms with van der Waals surface area (Å²) in [4.78, 5) is 0. The van der Waals surface area contributed by atoms with Gasteiger partial charge in [0.2, 0.25) is 11.6 Å². The lowest BCUT2D eigenvalue weighted by molar-refractivity contribution is 0.0745.